The fourth-order valence-corrected chi connectivity index (χ4v) is 2.67. The van der Waals surface area contributed by atoms with Gasteiger partial charge < -0.3 is 5.32 Å². The van der Waals surface area contributed by atoms with Gasteiger partial charge in [-0.3, -0.25) is 10.1 Å². The van der Waals surface area contributed by atoms with Gasteiger partial charge in [-0.25, -0.2) is 4.98 Å². The van der Waals surface area contributed by atoms with Crippen molar-refractivity contribution < 1.29 is 4.92 Å². The number of nitro groups is 1. The molecule has 5 nitrogen and oxygen atoms in total. The highest BCUT2D eigenvalue weighted by Crippen LogP contribution is 2.61. The highest BCUT2D eigenvalue weighted by Gasteiger charge is 2.53. The molecule has 0 saturated heterocycles. The quantitative estimate of drug-likeness (QED) is 0.641. The second kappa shape index (κ2) is 3.93. The molecule has 0 bridgehead atoms. The van der Waals surface area contributed by atoms with Crippen molar-refractivity contribution in [1.82, 2.24) is 4.98 Å². The highest BCUT2D eigenvalue weighted by atomic mass is 16.6. The smallest absolute Gasteiger partial charge is 0.311 e. The van der Waals surface area contributed by atoms with Crippen LogP contribution in [0.4, 0.5) is 11.5 Å². The molecule has 2 aliphatic carbocycles. The van der Waals surface area contributed by atoms with Gasteiger partial charge in [0.1, 0.15) is 0 Å². The first-order valence-electron chi connectivity index (χ1n) is 6.46. The molecule has 1 aromatic heterocycles. The number of nitrogens with zero attached hydrogens (tertiary/aromatic N) is 2. The summed E-state index contributed by atoms with van der Waals surface area (Å²) in [5.41, 5.74) is 1.32. The Morgan fingerprint density at radius 2 is 2.28 bits per heavy atom. The summed E-state index contributed by atoms with van der Waals surface area (Å²) < 4.78 is 0. The normalized spacial score (nSPS) is 20.5. The lowest BCUT2D eigenvalue weighted by atomic mass is 10.0. The van der Waals surface area contributed by atoms with Crippen molar-refractivity contribution in [2.45, 2.75) is 32.6 Å². The summed E-state index contributed by atoms with van der Waals surface area (Å²) >= 11 is 0. The van der Waals surface area contributed by atoms with Crippen molar-refractivity contribution in [1.29, 1.82) is 0 Å². The van der Waals surface area contributed by atoms with E-state index in [1.807, 2.05) is 6.92 Å². The van der Waals surface area contributed by atoms with Gasteiger partial charge in [-0.05, 0) is 49.5 Å². The topological polar surface area (TPSA) is 68.1 Å². The van der Waals surface area contributed by atoms with E-state index in [0.717, 1.165) is 18.0 Å². The minimum atomic E-state index is -0.362. The van der Waals surface area contributed by atoms with E-state index >= 15 is 0 Å². The molecule has 0 unspecified atom stereocenters. The van der Waals surface area contributed by atoms with Crippen LogP contribution in [-0.4, -0.2) is 16.5 Å². The third-order valence-corrected chi connectivity index (χ3v) is 4.14. The van der Waals surface area contributed by atoms with Gasteiger partial charge in [0, 0.05) is 18.8 Å². The monoisotopic (exact) mass is 247 g/mol. The van der Waals surface area contributed by atoms with Gasteiger partial charge >= 0.3 is 5.69 Å². The van der Waals surface area contributed by atoms with E-state index in [-0.39, 0.29) is 10.6 Å². The molecule has 1 heterocycles. The predicted octanol–water partition coefficient (Wildman–Crippen LogP) is 2.90. The molecule has 3 rings (SSSR count). The van der Waals surface area contributed by atoms with E-state index in [0.29, 0.717) is 11.2 Å². The number of rotatable bonds is 5. The van der Waals surface area contributed by atoms with Gasteiger partial charge in [-0.2, -0.15) is 0 Å². The average molecular weight is 247 g/mol. The fraction of sp³-hybridized carbons (Fsp3) is 0.615. The van der Waals surface area contributed by atoms with Crippen LogP contribution in [-0.2, 0) is 0 Å². The zero-order chi connectivity index (χ0) is 12.8. The molecule has 0 aromatic carbocycles. The Labute approximate surface area is 106 Å². The summed E-state index contributed by atoms with van der Waals surface area (Å²) in [7, 11) is 0. The standard InChI is InChI=1S/C13H17N3O2/c1-9-6-11(16(17)18)12(14-7-9)15-8-13(4-5-13)10-2-3-10/h6-7,10H,2-5,8H2,1H3,(H,14,15). The van der Waals surface area contributed by atoms with Crippen molar-refractivity contribution in [2.24, 2.45) is 11.3 Å². The lowest BCUT2D eigenvalue weighted by molar-refractivity contribution is -0.384. The average Bonchev–Trinajstić information content (AvgIpc) is 3.19. The number of hydrogen-bond acceptors (Lipinski definition) is 4. The van der Waals surface area contributed by atoms with Gasteiger partial charge in [-0.1, -0.05) is 0 Å². The number of hydrogen-bond donors (Lipinski definition) is 1. The second-order valence-electron chi connectivity index (χ2n) is 5.63. The molecule has 1 aromatic rings. The van der Waals surface area contributed by atoms with Crippen molar-refractivity contribution in [3.05, 3.63) is 27.9 Å². The largest absolute Gasteiger partial charge is 0.364 e. The van der Waals surface area contributed by atoms with E-state index in [1.165, 1.54) is 25.7 Å². The van der Waals surface area contributed by atoms with E-state index in [9.17, 15) is 10.1 Å². The van der Waals surface area contributed by atoms with Gasteiger partial charge in [0.15, 0.2) is 0 Å². The van der Waals surface area contributed by atoms with Crippen molar-refractivity contribution in [3.63, 3.8) is 0 Å². The summed E-state index contributed by atoms with van der Waals surface area (Å²) in [6.45, 7) is 2.64. The maximum absolute atomic E-state index is 11.0. The third-order valence-electron chi connectivity index (χ3n) is 4.14. The summed E-state index contributed by atoms with van der Waals surface area (Å²) in [4.78, 5) is 14.8. The van der Waals surface area contributed by atoms with Crippen LogP contribution in [0.1, 0.15) is 31.2 Å². The molecule has 0 spiro atoms. The molecule has 0 radical (unpaired) electrons. The second-order valence-corrected chi connectivity index (χ2v) is 5.63. The molecule has 2 fully saturated rings. The molecule has 1 N–H and O–H groups in total. The predicted molar refractivity (Wildman–Crippen MR) is 68.5 cm³/mol. The molecule has 0 amide bonds. The lowest BCUT2D eigenvalue weighted by Gasteiger charge is -2.15. The zero-order valence-corrected chi connectivity index (χ0v) is 10.5. The first kappa shape index (κ1) is 11.4. The first-order chi connectivity index (χ1) is 8.61. The highest BCUT2D eigenvalue weighted by molar-refractivity contribution is 5.56. The molecule has 0 atom stereocenters. The van der Waals surface area contributed by atoms with Crippen LogP contribution in [0.15, 0.2) is 12.3 Å². The SMILES string of the molecule is Cc1cnc(NCC2(C3CC3)CC2)c([N+](=O)[O-])c1. The summed E-state index contributed by atoms with van der Waals surface area (Å²) in [6, 6.07) is 1.58. The fourth-order valence-electron chi connectivity index (χ4n) is 2.67. The minimum absolute atomic E-state index is 0.0848. The molecular weight excluding hydrogens is 230 g/mol. The van der Waals surface area contributed by atoms with Crippen molar-refractivity contribution >= 4 is 11.5 Å². The first-order valence-corrected chi connectivity index (χ1v) is 6.46. The molecule has 0 aliphatic heterocycles. The third kappa shape index (κ3) is 2.05. The Morgan fingerprint density at radius 1 is 1.56 bits per heavy atom. The molecule has 2 aliphatic rings. The lowest BCUT2D eigenvalue weighted by Crippen LogP contribution is -2.18. The number of nitrogens with one attached hydrogen (secondary N) is 1. The zero-order valence-electron chi connectivity index (χ0n) is 10.5. The molecule has 96 valence electrons. The van der Waals surface area contributed by atoms with E-state index in [4.69, 9.17) is 0 Å². The van der Waals surface area contributed by atoms with E-state index < -0.39 is 0 Å². The number of aryl methyl sites for hydroxylation is 1. The maximum Gasteiger partial charge on any atom is 0.311 e. The minimum Gasteiger partial charge on any atom is -0.364 e. The van der Waals surface area contributed by atoms with E-state index in [1.54, 1.807) is 12.3 Å². The molecule has 2 saturated carbocycles. The number of aromatic nitrogens is 1. The van der Waals surface area contributed by atoms with Crippen LogP contribution in [0.5, 0.6) is 0 Å². The van der Waals surface area contributed by atoms with Crippen LogP contribution in [0.3, 0.4) is 0 Å². The Hall–Kier alpha value is -1.65. The summed E-state index contributed by atoms with van der Waals surface area (Å²) in [5.74, 6) is 1.26. The van der Waals surface area contributed by atoms with Crippen LogP contribution >= 0.6 is 0 Å². The van der Waals surface area contributed by atoms with Gasteiger partial charge in [0.05, 0.1) is 4.92 Å². The Balaban J connectivity index is 1.74. The molecule has 5 heteroatoms. The number of pyridine rings is 1. The summed E-state index contributed by atoms with van der Waals surface area (Å²) in [6.07, 6.45) is 6.83. The van der Waals surface area contributed by atoms with Crippen LogP contribution < -0.4 is 5.32 Å². The van der Waals surface area contributed by atoms with E-state index in [2.05, 4.69) is 10.3 Å². The Morgan fingerprint density at radius 3 is 2.83 bits per heavy atom. The van der Waals surface area contributed by atoms with Gasteiger partial charge in [0.25, 0.3) is 0 Å². The Kier molecular flexibility index (Phi) is 2.50. The van der Waals surface area contributed by atoms with Crippen molar-refractivity contribution in [3.8, 4) is 0 Å². The summed E-state index contributed by atoms with van der Waals surface area (Å²) in [5, 5.41) is 14.2. The number of anilines is 1. The van der Waals surface area contributed by atoms with Crippen molar-refractivity contribution in [2.75, 3.05) is 11.9 Å². The molecule has 18 heavy (non-hydrogen) atoms. The van der Waals surface area contributed by atoms with Crippen LogP contribution in [0, 0.1) is 28.4 Å². The van der Waals surface area contributed by atoms with Gasteiger partial charge in [-0.15, -0.1) is 0 Å². The van der Waals surface area contributed by atoms with Crippen LogP contribution in [0.2, 0.25) is 0 Å². The Bertz CT molecular complexity index is 493. The van der Waals surface area contributed by atoms with Gasteiger partial charge in [0.2, 0.25) is 5.82 Å². The van der Waals surface area contributed by atoms with Crippen LogP contribution in [0.25, 0.3) is 0 Å². The molecular formula is C13H17N3O2. The maximum atomic E-state index is 11.0.